The number of rotatable bonds is 8. The predicted octanol–water partition coefficient (Wildman–Crippen LogP) is 2.72. The summed E-state index contributed by atoms with van der Waals surface area (Å²) in [5.74, 6) is 0.995. The number of hydrogen-bond donors (Lipinski definition) is 2. The number of para-hydroxylation sites is 1. The molecule has 2 rings (SSSR count). The van der Waals surface area contributed by atoms with Gasteiger partial charge >= 0.3 is 0 Å². The fourth-order valence-electron chi connectivity index (χ4n) is 2.69. The normalized spacial score (nSPS) is 10.6. The molecule has 0 aliphatic carbocycles. The van der Waals surface area contributed by atoms with Crippen molar-refractivity contribution in [2.75, 3.05) is 13.7 Å². The minimum absolute atomic E-state index is 0.0880. The molecule has 1 aromatic heterocycles. The van der Waals surface area contributed by atoms with Gasteiger partial charge in [0.1, 0.15) is 5.75 Å². The molecule has 0 atom stereocenters. The Labute approximate surface area is 137 Å². The number of nitrogens with one attached hydrogen (secondary N) is 2. The van der Waals surface area contributed by atoms with Crippen LogP contribution in [0.4, 0.5) is 0 Å². The summed E-state index contributed by atoms with van der Waals surface area (Å²) in [5, 5.41) is 10.1. The number of nitrogens with zero attached hydrogens (tertiary/aromatic N) is 1. The number of carbonyl (C=O) groups excluding carboxylic acids is 1. The Morgan fingerprint density at radius 3 is 2.74 bits per heavy atom. The number of carbonyl (C=O) groups is 1. The lowest BCUT2D eigenvalue weighted by Gasteiger charge is -2.09. The lowest BCUT2D eigenvalue weighted by atomic mass is 10.1. The molecule has 0 radical (unpaired) electrons. The van der Waals surface area contributed by atoms with Crippen LogP contribution >= 0.6 is 0 Å². The van der Waals surface area contributed by atoms with Gasteiger partial charge in [0.15, 0.2) is 0 Å². The van der Waals surface area contributed by atoms with E-state index in [-0.39, 0.29) is 5.91 Å². The van der Waals surface area contributed by atoms with Gasteiger partial charge in [-0.2, -0.15) is 5.10 Å². The first-order chi connectivity index (χ1) is 11.1. The highest BCUT2D eigenvalue weighted by molar-refractivity contribution is 5.76. The first kappa shape index (κ1) is 17.1. The van der Waals surface area contributed by atoms with Crippen molar-refractivity contribution in [1.29, 1.82) is 0 Å². The third-order valence-corrected chi connectivity index (χ3v) is 4.02. The van der Waals surface area contributed by atoms with Crippen LogP contribution in [0.5, 0.6) is 5.75 Å². The first-order valence-corrected chi connectivity index (χ1v) is 8.01. The molecule has 2 aromatic rings. The molecule has 1 heterocycles. The summed E-state index contributed by atoms with van der Waals surface area (Å²) in [6.07, 6.45) is 3.02. The number of ether oxygens (including phenoxy) is 1. The molecular weight excluding hydrogens is 290 g/mol. The Balaban J connectivity index is 1.69. The van der Waals surface area contributed by atoms with E-state index in [0.29, 0.717) is 13.0 Å². The standard InChI is InChI=1S/C18H25N3O2/c1-13-16(14(2)21-20-13)10-11-18(22)19-12-6-8-15-7-4-5-9-17(15)23-3/h4-5,7,9H,6,8,10-12H2,1-3H3,(H,19,22)(H,20,21). The highest BCUT2D eigenvalue weighted by atomic mass is 16.5. The minimum Gasteiger partial charge on any atom is -0.496 e. The molecule has 0 saturated heterocycles. The maximum atomic E-state index is 11.9. The molecular formula is C18H25N3O2. The van der Waals surface area contributed by atoms with Crippen LogP contribution in [0.25, 0.3) is 0 Å². The van der Waals surface area contributed by atoms with Crippen LogP contribution in [0.3, 0.4) is 0 Å². The zero-order valence-electron chi connectivity index (χ0n) is 14.1. The summed E-state index contributed by atoms with van der Waals surface area (Å²) in [4.78, 5) is 11.9. The number of hydrogen-bond acceptors (Lipinski definition) is 3. The van der Waals surface area contributed by atoms with Crippen molar-refractivity contribution in [2.45, 2.75) is 39.5 Å². The van der Waals surface area contributed by atoms with E-state index in [9.17, 15) is 4.79 Å². The van der Waals surface area contributed by atoms with Crippen molar-refractivity contribution < 1.29 is 9.53 Å². The summed E-state index contributed by atoms with van der Waals surface area (Å²) in [5.41, 5.74) is 4.35. The molecule has 0 saturated carbocycles. The average molecular weight is 315 g/mol. The van der Waals surface area contributed by atoms with Gasteiger partial charge in [-0.05, 0) is 50.3 Å². The zero-order valence-corrected chi connectivity index (χ0v) is 14.1. The Bertz CT molecular complexity index is 630. The Kier molecular flexibility index (Phi) is 6.20. The summed E-state index contributed by atoms with van der Waals surface area (Å²) >= 11 is 0. The van der Waals surface area contributed by atoms with Gasteiger partial charge in [0.2, 0.25) is 5.91 Å². The molecule has 0 aliphatic heterocycles. The van der Waals surface area contributed by atoms with Crippen molar-refractivity contribution in [3.63, 3.8) is 0 Å². The molecule has 124 valence electrons. The van der Waals surface area contributed by atoms with E-state index in [1.807, 2.05) is 32.0 Å². The van der Waals surface area contributed by atoms with Crippen molar-refractivity contribution in [3.05, 3.63) is 46.8 Å². The summed E-state index contributed by atoms with van der Waals surface area (Å²) in [6.45, 7) is 4.63. The van der Waals surface area contributed by atoms with E-state index in [1.54, 1.807) is 7.11 Å². The SMILES string of the molecule is COc1ccccc1CCCNC(=O)CCc1c(C)n[nH]c1C. The van der Waals surface area contributed by atoms with Crippen LogP contribution in [0.2, 0.25) is 0 Å². The van der Waals surface area contributed by atoms with Gasteiger partial charge in [0, 0.05) is 18.7 Å². The van der Waals surface area contributed by atoms with Crippen molar-refractivity contribution in [1.82, 2.24) is 15.5 Å². The first-order valence-electron chi connectivity index (χ1n) is 8.01. The van der Waals surface area contributed by atoms with Gasteiger partial charge in [-0.1, -0.05) is 18.2 Å². The summed E-state index contributed by atoms with van der Waals surface area (Å²) < 4.78 is 5.33. The molecule has 1 amide bonds. The fourth-order valence-corrected chi connectivity index (χ4v) is 2.69. The average Bonchev–Trinajstić information content (AvgIpc) is 2.88. The molecule has 0 aliphatic rings. The molecule has 0 spiro atoms. The summed E-state index contributed by atoms with van der Waals surface area (Å²) in [6, 6.07) is 7.99. The zero-order chi connectivity index (χ0) is 16.7. The van der Waals surface area contributed by atoms with Crippen LogP contribution in [0.1, 0.15) is 35.4 Å². The molecule has 2 N–H and O–H groups in total. The molecule has 0 bridgehead atoms. The Hall–Kier alpha value is -2.30. The van der Waals surface area contributed by atoms with Gasteiger partial charge in [0.25, 0.3) is 0 Å². The van der Waals surface area contributed by atoms with E-state index in [0.717, 1.165) is 42.0 Å². The van der Waals surface area contributed by atoms with Gasteiger partial charge in [-0.25, -0.2) is 0 Å². The number of benzene rings is 1. The molecule has 0 fully saturated rings. The van der Waals surface area contributed by atoms with Crippen molar-refractivity contribution >= 4 is 5.91 Å². The van der Waals surface area contributed by atoms with E-state index in [2.05, 4.69) is 21.6 Å². The quantitative estimate of drug-likeness (QED) is 0.736. The maximum Gasteiger partial charge on any atom is 0.220 e. The lowest BCUT2D eigenvalue weighted by molar-refractivity contribution is -0.121. The fraction of sp³-hybridized carbons (Fsp3) is 0.444. The second-order valence-electron chi connectivity index (χ2n) is 5.68. The number of aromatic nitrogens is 2. The highest BCUT2D eigenvalue weighted by Gasteiger charge is 2.09. The third kappa shape index (κ3) is 4.84. The van der Waals surface area contributed by atoms with E-state index in [1.165, 1.54) is 5.56 Å². The van der Waals surface area contributed by atoms with Crippen LogP contribution in [-0.4, -0.2) is 29.8 Å². The van der Waals surface area contributed by atoms with Crippen molar-refractivity contribution in [3.8, 4) is 5.75 Å². The molecule has 1 aromatic carbocycles. The monoisotopic (exact) mass is 315 g/mol. The van der Waals surface area contributed by atoms with Gasteiger partial charge in [-0.15, -0.1) is 0 Å². The molecule has 23 heavy (non-hydrogen) atoms. The number of amides is 1. The number of aromatic amines is 1. The number of methoxy groups -OCH3 is 1. The van der Waals surface area contributed by atoms with Crippen molar-refractivity contribution in [2.24, 2.45) is 0 Å². The maximum absolute atomic E-state index is 11.9. The second-order valence-corrected chi connectivity index (χ2v) is 5.68. The highest BCUT2D eigenvalue weighted by Crippen LogP contribution is 2.18. The van der Waals surface area contributed by atoms with Crippen LogP contribution in [0, 0.1) is 13.8 Å². The Morgan fingerprint density at radius 2 is 2.04 bits per heavy atom. The van der Waals surface area contributed by atoms with E-state index < -0.39 is 0 Å². The minimum atomic E-state index is 0.0880. The van der Waals surface area contributed by atoms with E-state index in [4.69, 9.17) is 4.74 Å². The van der Waals surface area contributed by atoms with Gasteiger partial charge in [-0.3, -0.25) is 9.89 Å². The lowest BCUT2D eigenvalue weighted by Crippen LogP contribution is -2.25. The van der Waals surface area contributed by atoms with Crippen LogP contribution in [-0.2, 0) is 17.6 Å². The van der Waals surface area contributed by atoms with Crippen LogP contribution in [0.15, 0.2) is 24.3 Å². The topological polar surface area (TPSA) is 67.0 Å². The Morgan fingerprint density at radius 1 is 1.26 bits per heavy atom. The smallest absolute Gasteiger partial charge is 0.220 e. The second kappa shape index (κ2) is 8.36. The van der Waals surface area contributed by atoms with Gasteiger partial charge in [0.05, 0.1) is 12.8 Å². The van der Waals surface area contributed by atoms with E-state index >= 15 is 0 Å². The largest absolute Gasteiger partial charge is 0.496 e. The number of aryl methyl sites for hydroxylation is 3. The summed E-state index contributed by atoms with van der Waals surface area (Å²) in [7, 11) is 1.68. The molecule has 5 heteroatoms. The molecule has 0 unspecified atom stereocenters. The molecule has 5 nitrogen and oxygen atoms in total. The number of H-pyrrole nitrogens is 1. The van der Waals surface area contributed by atoms with Crippen LogP contribution < -0.4 is 10.1 Å². The predicted molar refractivity (Wildman–Crippen MR) is 90.7 cm³/mol. The third-order valence-electron chi connectivity index (χ3n) is 4.02. The van der Waals surface area contributed by atoms with Gasteiger partial charge < -0.3 is 10.1 Å².